The molecule has 122 valence electrons. The highest BCUT2D eigenvalue weighted by Gasteiger charge is 2.14. The summed E-state index contributed by atoms with van der Waals surface area (Å²) >= 11 is 11.9. The molecule has 0 fully saturated rings. The molecule has 2 aromatic carbocycles. The van der Waals surface area contributed by atoms with Gasteiger partial charge >= 0.3 is 0 Å². The second-order valence-corrected chi connectivity index (χ2v) is 6.14. The Kier molecular flexibility index (Phi) is 4.51. The average molecular weight is 361 g/mol. The van der Waals surface area contributed by atoms with Crippen LogP contribution in [0.3, 0.4) is 0 Å². The van der Waals surface area contributed by atoms with Crippen LogP contribution < -0.4 is 11.1 Å². The van der Waals surface area contributed by atoms with Crippen molar-refractivity contribution in [2.24, 2.45) is 0 Å². The molecule has 0 saturated heterocycles. The number of aryl methyl sites for hydroxylation is 1. The molecule has 0 aliphatic carbocycles. The second-order valence-electron chi connectivity index (χ2n) is 5.32. The van der Waals surface area contributed by atoms with Crippen molar-refractivity contribution in [3.63, 3.8) is 0 Å². The molecule has 1 amide bonds. The fourth-order valence-corrected chi connectivity index (χ4v) is 2.57. The molecule has 0 radical (unpaired) electrons. The maximum Gasteiger partial charge on any atom is 0.291 e. The number of carbonyl (C=O) groups is 1. The van der Waals surface area contributed by atoms with Crippen LogP contribution in [0, 0.1) is 6.92 Å². The molecule has 1 aromatic heterocycles. The van der Waals surface area contributed by atoms with Crippen molar-refractivity contribution in [3.05, 3.63) is 69.9 Å². The summed E-state index contributed by atoms with van der Waals surface area (Å²) in [4.78, 5) is 12.3. The molecule has 0 spiro atoms. The van der Waals surface area contributed by atoms with Crippen LogP contribution in [0.15, 0.2) is 52.9 Å². The lowest BCUT2D eigenvalue weighted by molar-refractivity contribution is 0.0997. The van der Waals surface area contributed by atoms with Crippen LogP contribution in [-0.2, 0) is 0 Å². The van der Waals surface area contributed by atoms with E-state index in [1.165, 1.54) is 0 Å². The number of anilines is 2. The third kappa shape index (κ3) is 3.40. The zero-order valence-corrected chi connectivity index (χ0v) is 14.3. The van der Waals surface area contributed by atoms with E-state index in [2.05, 4.69) is 5.32 Å². The molecule has 4 nitrogen and oxygen atoms in total. The van der Waals surface area contributed by atoms with Crippen LogP contribution in [0.2, 0.25) is 10.0 Å². The summed E-state index contributed by atoms with van der Waals surface area (Å²) in [6.07, 6.45) is 0. The van der Waals surface area contributed by atoms with Gasteiger partial charge in [0, 0.05) is 16.9 Å². The lowest BCUT2D eigenvalue weighted by atomic mass is 10.2. The summed E-state index contributed by atoms with van der Waals surface area (Å²) in [5, 5.41) is 3.69. The zero-order chi connectivity index (χ0) is 17.3. The Hall–Kier alpha value is -2.43. The number of amides is 1. The first-order valence-electron chi connectivity index (χ1n) is 7.17. The lowest BCUT2D eigenvalue weighted by Gasteiger charge is -2.07. The number of nitrogens with one attached hydrogen (secondary N) is 1. The molecule has 0 saturated carbocycles. The van der Waals surface area contributed by atoms with Crippen LogP contribution in [0.1, 0.15) is 16.1 Å². The molecule has 6 heteroatoms. The number of hydrogen-bond acceptors (Lipinski definition) is 3. The van der Waals surface area contributed by atoms with Gasteiger partial charge in [-0.15, -0.1) is 0 Å². The summed E-state index contributed by atoms with van der Waals surface area (Å²) in [5.74, 6) is 0.397. The van der Waals surface area contributed by atoms with Gasteiger partial charge in [-0.2, -0.15) is 0 Å². The van der Waals surface area contributed by atoms with Gasteiger partial charge in [-0.05, 0) is 61.0 Å². The van der Waals surface area contributed by atoms with Gasteiger partial charge in [-0.3, -0.25) is 4.79 Å². The molecule has 0 atom stereocenters. The van der Waals surface area contributed by atoms with E-state index in [-0.39, 0.29) is 11.7 Å². The maximum absolute atomic E-state index is 12.3. The monoisotopic (exact) mass is 360 g/mol. The van der Waals surface area contributed by atoms with Crippen LogP contribution >= 0.6 is 23.2 Å². The average Bonchev–Trinajstić information content (AvgIpc) is 3.03. The number of hydrogen-bond donors (Lipinski definition) is 2. The highest BCUT2D eigenvalue weighted by atomic mass is 35.5. The van der Waals surface area contributed by atoms with Gasteiger partial charge in [0.15, 0.2) is 5.76 Å². The second kappa shape index (κ2) is 6.59. The Balaban J connectivity index is 1.82. The molecule has 24 heavy (non-hydrogen) atoms. The van der Waals surface area contributed by atoms with E-state index in [1.54, 1.807) is 48.5 Å². The summed E-state index contributed by atoms with van der Waals surface area (Å²) in [6.45, 7) is 1.87. The number of carbonyl (C=O) groups excluding carboxylic acids is 1. The molecule has 0 aliphatic heterocycles. The fourth-order valence-electron chi connectivity index (χ4n) is 2.28. The van der Waals surface area contributed by atoms with Gasteiger partial charge in [0.1, 0.15) is 5.76 Å². The van der Waals surface area contributed by atoms with E-state index in [0.717, 1.165) is 11.1 Å². The van der Waals surface area contributed by atoms with Crippen molar-refractivity contribution in [1.82, 2.24) is 0 Å². The predicted octanol–water partition coefficient (Wildman–Crippen LogP) is 5.40. The Morgan fingerprint density at radius 1 is 1.04 bits per heavy atom. The molecule has 3 rings (SSSR count). The van der Waals surface area contributed by atoms with Gasteiger partial charge in [-0.1, -0.05) is 23.2 Å². The molecular weight excluding hydrogens is 347 g/mol. The number of nitrogens with two attached hydrogens (primary N) is 1. The Bertz CT molecular complexity index is 919. The summed E-state index contributed by atoms with van der Waals surface area (Å²) in [7, 11) is 0. The van der Waals surface area contributed by atoms with E-state index in [9.17, 15) is 4.79 Å². The van der Waals surface area contributed by atoms with Gasteiger partial charge in [-0.25, -0.2) is 0 Å². The zero-order valence-electron chi connectivity index (χ0n) is 12.8. The quantitative estimate of drug-likeness (QED) is 0.614. The number of halogens is 2. The van der Waals surface area contributed by atoms with Crippen LogP contribution in [0.25, 0.3) is 11.3 Å². The predicted molar refractivity (Wildman–Crippen MR) is 97.7 cm³/mol. The Labute approximate surface area is 149 Å². The lowest BCUT2D eigenvalue weighted by Crippen LogP contribution is -2.11. The first-order chi connectivity index (χ1) is 11.4. The molecule has 0 bridgehead atoms. The van der Waals surface area contributed by atoms with Gasteiger partial charge in [0.25, 0.3) is 5.91 Å². The number of furan rings is 1. The minimum Gasteiger partial charge on any atom is -0.451 e. The van der Waals surface area contributed by atoms with E-state index in [1.807, 2.05) is 6.92 Å². The minimum absolute atomic E-state index is 0.201. The summed E-state index contributed by atoms with van der Waals surface area (Å²) in [6, 6.07) is 13.7. The molecule has 3 aromatic rings. The minimum atomic E-state index is -0.339. The van der Waals surface area contributed by atoms with E-state index in [4.69, 9.17) is 33.4 Å². The normalized spacial score (nSPS) is 10.6. The van der Waals surface area contributed by atoms with Crippen molar-refractivity contribution in [3.8, 4) is 11.3 Å². The number of rotatable bonds is 3. The van der Waals surface area contributed by atoms with Gasteiger partial charge in [0.2, 0.25) is 0 Å². The van der Waals surface area contributed by atoms with E-state index >= 15 is 0 Å². The molecule has 0 unspecified atom stereocenters. The number of nitrogen functional groups attached to an aromatic ring is 1. The fraction of sp³-hybridized carbons (Fsp3) is 0.0556. The summed E-state index contributed by atoms with van der Waals surface area (Å²) in [5.41, 5.74) is 8.65. The Morgan fingerprint density at radius 3 is 2.54 bits per heavy atom. The topological polar surface area (TPSA) is 68.3 Å². The molecule has 1 heterocycles. The standard InChI is InChI=1S/C18H14Cl2N2O2/c1-10-8-12(21)3-5-15(10)22-18(23)17-7-6-16(24-17)11-2-4-13(19)14(20)9-11/h2-9H,21H2,1H3,(H,22,23). The highest BCUT2D eigenvalue weighted by molar-refractivity contribution is 6.42. The van der Waals surface area contributed by atoms with Crippen molar-refractivity contribution < 1.29 is 9.21 Å². The van der Waals surface area contributed by atoms with Crippen molar-refractivity contribution >= 4 is 40.5 Å². The van der Waals surface area contributed by atoms with Crippen molar-refractivity contribution in [1.29, 1.82) is 0 Å². The SMILES string of the molecule is Cc1cc(N)ccc1NC(=O)c1ccc(-c2ccc(Cl)c(Cl)c2)o1. The van der Waals surface area contributed by atoms with Crippen molar-refractivity contribution in [2.75, 3.05) is 11.1 Å². The largest absolute Gasteiger partial charge is 0.451 e. The highest BCUT2D eigenvalue weighted by Crippen LogP contribution is 2.30. The number of benzene rings is 2. The first kappa shape index (κ1) is 16.4. The first-order valence-corrected chi connectivity index (χ1v) is 7.92. The van der Waals surface area contributed by atoms with Crippen molar-refractivity contribution in [2.45, 2.75) is 6.92 Å². The molecule has 3 N–H and O–H groups in total. The molecular formula is C18H14Cl2N2O2. The van der Waals surface area contributed by atoms with Gasteiger partial charge in [0.05, 0.1) is 10.0 Å². The maximum atomic E-state index is 12.3. The third-order valence-electron chi connectivity index (χ3n) is 3.53. The van der Waals surface area contributed by atoms with Gasteiger partial charge < -0.3 is 15.5 Å². The van der Waals surface area contributed by atoms with E-state index < -0.39 is 0 Å². The van der Waals surface area contributed by atoms with Crippen LogP contribution in [0.4, 0.5) is 11.4 Å². The Morgan fingerprint density at radius 2 is 1.83 bits per heavy atom. The summed E-state index contributed by atoms with van der Waals surface area (Å²) < 4.78 is 5.62. The van der Waals surface area contributed by atoms with Crippen LogP contribution in [-0.4, -0.2) is 5.91 Å². The van der Waals surface area contributed by atoms with Crippen LogP contribution in [0.5, 0.6) is 0 Å². The smallest absolute Gasteiger partial charge is 0.291 e. The third-order valence-corrected chi connectivity index (χ3v) is 4.27. The van der Waals surface area contributed by atoms with E-state index in [0.29, 0.717) is 27.2 Å². The molecule has 0 aliphatic rings.